The van der Waals surface area contributed by atoms with Crippen LogP contribution >= 0.6 is 0 Å². The van der Waals surface area contributed by atoms with Crippen LogP contribution in [0.5, 0.6) is 0 Å². The SMILES string of the molecule is Cc1cccc(NC(=O)Nc2ccc(B3OC(C)(C)C(C)(C)O3)cc2F)c1. The molecule has 1 aliphatic heterocycles. The van der Waals surface area contributed by atoms with Crippen LogP contribution in [0, 0.1) is 12.7 Å². The lowest BCUT2D eigenvalue weighted by Crippen LogP contribution is -2.41. The van der Waals surface area contributed by atoms with E-state index in [1.54, 1.807) is 12.1 Å². The predicted octanol–water partition coefficient (Wildman–Crippen LogP) is 4.08. The Morgan fingerprint density at radius 1 is 1.00 bits per heavy atom. The first-order valence-electron chi connectivity index (χ1n) is 8.87. The maximum absolute atomic E-state index is 14.5. The van der Waals surface area contributed by atoms with Crippen LogP contribution in [0.2, 0.25) is 0 Å². The average molecular weight is 370 g/mol. The van der Waals surface area contributed by atoms with Crippen LogP contribution < -0.4 is 16.1 Å². The zero-order valence-corrected chi connectivity index (χ0v) is 16.2. The molecular formula is C20H24BFN2O3. The number of nitrogens with one attached hydrogen (secondary N) is 2. The maximum Gasteiger partial charge on any atom is 0.494 e. The summed E-state index contributed by atoms with van der Waals surface area (Å²) in [5.74, 6) is -0.554. The Morgan fingerprint density at radius 3 is 2.26 bits per heavy atom. The van der Waals surface area contributed by atoms with E-state index in [9.17, 15) is 9.18 Å². The number of aryl methyl sites for hydroxylation is 1. The highest BCUT2D eigenvalue weighted by Crippen LogP contribution is 2.36. The van der Waals surface area contributed by atoms with Crippen LogP contribution in [-0.2, 0) is 9.31 Å². The minimum Gasteiger partial charge on any atom is -0.399 e. The average Bonchev–Trinajstić information content (AvgIpc) is 2.77. The van der Waals surface area contributed by atoms with E-state index < -0.39 is 30.2 Å². The van der Waals surface area contributed by atoms with Crippen molar-refractivity contribution in [2.45, 2.75) is 45.8 Å². The van der Waals surface area contributed by atoms with Crippen molar-refractivity contribution in [3.05, 3.63) is 53.8 Å². The van der Waals surface area contributed by atoms with Gasteiger partial charge in [-0.2, -0.15) is 0 Å². The van der Waals surface area contributed by atoms with Gasteiger partial charge in [-0.15, -0.1) is 0 Å². The number of carbonyl (C=O) groups is 1. The van der Waals surface area contributed by atoms with E-state index in [-0.39, 0.29) is 5.69 Å². The summed E-state index contributed by atoms with van der Waals surface area (Å²) in [5, 5.41) is 5.21. The summed E-state index contributed by atoms with van der Waals surface area (Å²) in [4.78, 5) is 12.1. The van der Waals surface area contributed by atoms with Crippen LogP contribution in [-0.4, -0.2) is 24.4 Å². The van der Waals surface area contributed by atoms with Crippen molar-refractivity contribution in [2.75, 3.05) is 10.6 Å². The Balaban J connectivity index is 1.69. The molecule has 0 spiro atoms. The van der Waals surface area contributed by atoms with Gasteiger partial charge in [-0.3, -0.25) is 0 Å². The first-order valence-corrected chi connectivity index (χ1v) is 8.87. The third kappa shape index (κ3) is 4.15. The summed E-state index contributed by atoms with van der Waals surface area (Å²) in [6.07, 6.45) is 0. The lowest BCUT2D eigenvalue weighted by Gasteiger charge is -2.32. The van der Waals surface area contributed by atoms with E-state index >= 15 is 0 Å². The molecule has 2 N–H and O–H groups in total. The van der Waals surface area contributed by atoms with Crippen molar-refractivity contribution in [2.24, 2.45) is 0 Å². The zero-order chi connectivity index (χ0) is 19.8. The molecule has 5 nitrogen and oxygen atoms in total. The fourth-order valence-corrected chi connectivity index (χ4v) is 2.77. The number of hydrogen-bond donors (Lipinski definition) is 2. The van der Waals surface area contributed by atoms with Gasteiger partial charge in [-0.1, -0.05) is 18.2 Å². The molecule has 7 heteroatoms. The number of urea groups is 1. The van der Waals surface area contributed by atoms with Gasteiger partial charge in [0.1, 0.15) is 5.82 Å². The Hall–Kier alpha value is -2.38. The van der Waals surface area contributed by atoms with E-state index in [2.05, 4.69) is 10.6 Å². The highest BCUT2D eigenvalue weighted by atomic mass is 19.1. The lowest BCUT2D eigenvalue weighted by atomic mass is 9.79. The van der Waals surface area contributed by atoms with Crippen LogP contribution in [0.15, 0.2) is 42.5 Å². The van der Waals surface area contributed by atoms with E-state index in [0.717, 1.165) is 5.56 Å². The molecule has 1 fully saturated rings. The summed E-state index contributed by atoms with van der Waals surface area (Å²) >= 11 is 0. The largest absolute Gasteiger partial charge is 0.494 e. The van der Waals surface area contributed by atoms with E-state index in [1.165, 1.54) is 12.1 Å². The molecule has 0 aromatic heterocycles. The molecule has 2 aromatic rings. The summed E-state index contributed by atoms with van der Waals surface area (Å²) < 4.78 is 26.4. The third-order valence-electron chi connectivity index (χ3n) is 5.04. The normalized spacial score (nSPS) is 17.6. The van der Waals surface area contributed by atoms with Gasteiger partial charge >= 0.3 is 13.1 Å². The number of anilines is 2. The molecular weight excluding hydrogens is 346 g/mol. The first kappa shape index (κ1) is 19.4. The van der Waals surface area contributed by atoms with Crippen molar-refractivity contribution in [3.8, 4) is 0 Å². The lowest BCUT2D eigenvalue weighted by molar-refractivity contribution is 0.00578. The Morgan fingerprint density at radius 2 is 1.67 bits per heavy atom. The summed E-state index contributed by atoms with van der Waals surface area (Å²) in [5.41, 5.74) is 1.31. The molecule has 0 atom stereocenters. The number of hydrogen-bond acceptors (Lipinski definition) is 3. The van der Waals surface area contributed by atoms with Crippen molar-refractivity contribution in [1.29, 1.82) is 0 Å². The molecule has 0 saturated carbocycles. The van der Waals surface area contributed by atoms with Gasteiger partial charge in [0, 0.05) is 5.69 Å². The standard InChI is InChI=1S/C20H24BFN2O3/c1-13-7-6-8-15(11-13)23-18(25)24-17-10-9-14(12-16(17)22)21-26-19(2,3)20(4,5)27-21/h6-12H,1-5H3,(H2,23,24,25). The Kier molecular flexibility index (Phi) is 5.01. The van der Waals surface area contributed by atoms with Gasteiger partial charge in [0.25, 0.3) is 0 Å². The molecule has 2 aromatic carbocycles. The maximum atomic E-state index is 14.5. The van der Waals surface area contributed by atoms with E-state index in [4.69, 9.17) is 9.31 Å². The van der Waals surface area contributed by atoms with Crippen LogP contribution in [0.1, 0.15) is 33.3 Å². The van der Waals surface area contributed by atoms with Gasteiger partial charge < -0.3 is 19.9 Å². The smallest absolute Gasteiger partial charge is 0.399 e. The number of amides is 2. The van der Waals surface area contributed by atoms with Crippen LogP contribution in [0.4, 0.5) is 20.6 Å². The predicted molar refractivity (Wildman–Crippen MR) is 106 cm³/mol. The number of carbonyl (C=O) groups excluding carboxylic acids is 1. The quantitative estimate of drug-likeness (QED) is 0.801. The third-order valence-corrected chi connectivity index (χ3v) is 5.04. The second-order valence-electron chi connectivity index (χ2n) is 7.78. The number of halogens is 1. The summed E-state index contributed by atoms with van der Waals surface area (Å²) in [6, 6.07) is 11.4. The van der Waals surface area contributed by atoms with Crippen LogP contribution in [0.25, 0.3) is 0 Å². The summed E-state index contributed by atoms with van der Waals surface area (Å²) in [7, 11) is -0.653. The first-order chi connectivity index (χ1) is 12.6. The van der Waals surface area contributed by atoms with E-state index in [0.29, 0.717) is 11.2 Å². The molecule has 0 unspecified atom stereocenters. The minimum atomic E-state index is -0.653. The molecule has 0 aliphatic carbocycles. The van der Waals surface area contributed by atoms with Gasteiger partial charge in [0.05, 0.1) is 16.9 Å². The van der Waals surface area contributed by atoms with Gasteiger partial charge in [-0.25, -0.2) is 9.18 Å². The fourth-order valence-electron chi connectivity index (χ4n) is 2.77. The van der Waals surface area contributed by atoms with Crippen molar-refractivity contribution in [3.63, 3.8) is 0 Å². The molecule has 1 heterocycles. The topological polar surface area (TPSA) is 59.6 Å². The van der Waals surface area contributed by atoms with E-state index in [1.807, 2.05) is 52.8 Å². The monoisotopic (exact) mass is 370 g/mol. The summed E-state index contributed by atoms with van der Waals surface area (Å²) in [6.45, 7) is 9.69. The molecule has 1 aliphatic rings. The van der Waals surface area contributed by atoms with Crippen molar-refractivity contribution >= 4 is 30.0 Å². The Labute approximate surface area is 159 Å². The van der Waals surface area contributed by atoms with Gasteiger partial charge in [-0.05, 0) is 69.9 Å². The van der Waals surface area contributed by atoms with Crippen molar-refractivity contribution < 1.29 is 18.5 Å². The minimum absolute atomic E-state index is 0.0837. The molecule has 27 heavy (non-hydrogen) atoms. The molecule has 1 saturated heterocycles. The highest BCUT2D eigenvalue weighted by Gasteiger charge is 2.51. The molecule has 0 radical (unpaired) electrons. The number of benzene rings is 2. The highest BCUT2D eigenvalue weighted by molar-refractivity contribution is 6.62. The molecule has 142 valence electrons. The number of rotatable bonds is 3. The molecule has 2 amide bonds. The fraction of sp³-hybridized carbons (Fsp3) is 0.350. The van der Waals surface area contributed by atoms with Gasteiger partial charge in [0.15, 0.2) is 0 Å². The zero-order valence-electron chi connectivity index (χ0n) is 16.2. The van der Waals surface area contributed by atoms with Crippen molar-refractivity contribution in [1.82, 2.24) is 0 Å². The van der Waals surface area contributed by atoms with Gasteiger partial charge in [0.2, 0.25) is 0 Å². The Bertz CT molecular complexity index is 854. The second kappa shape index (κ2) is 6.98. The molecule has 0 bridgehead atoms. The second-order valence-corrected chi connectivity index (χ2v) is 7.78. The molecule has 3 rings (SSSR count). The van der Waals surface area contributed by atoms with Crippen LogP contribution in [0.3, 0.4) is 0 Å².